The molecule has 176 valence electrons. The molecule has 6 nitrogen and oxygen atoms in total. The molecular weight excluding hydrogens is 458 g/mol. The zero-order chi connectivity index (χ0) is 24.4. The lowest BCUT2D eigenvalue weighted by atomic mass is 9.94. The van der Waals surface area contributed by atoms with E-state index >= 15 is 0 Å². The number of anilines is 1. The second kappa shape index (κ2) is 9.64. The van der Waals surface area contributed by atoms with Crippen molar-refractivity contribution in [1.82, 2.24) is 5.01 Å². The predicted molar refractivity (Wildman–Crippen MR) is 144 cm³/mol. The van der Waals surface area contributed by atoms with Crippen LogP contribution in [0.1, 0.15) is 23.6 Å². The fourth-order valence-corrected chi connectivity index (χ4v) is 4.79. The molecule has 0 saturated carbocycles. The SMILES string of the molecule is COc1ccccc1NC(=S)N1N=C(c2c(O)ccc3ccccc23)CC1c1ccccc1OC. The van der Waals surface area contributed by atoms with Gasteiger partial charge in [-0.25, -0.2) is 5.01 Å². The highest BCUT2D eigenvalue weighted by Gasteiger charge is 2.35. The van der Waals surface area contributed by atoms with Gasteiger partial charge in [-0.1, -0.05) is 60.7 Å². The monoisotopic (exact) mass is 483 g/mol. The minimum atomic E-state index is -0.228. The van der Waals surface area contributed by atoms with Crippen molar-refractivity contribution in [1.29, 1.82) is 0 Å². The molecule has 1 aliphatic rings. The number of rotatable bonds is 5. The Bertz CT molecular complexity index is 1440. The second-order valence-electron chi connectivity index (χ2n) is 8.16. The van der Waals surface area contributed by atoms with Gasteiger partial charge >= 0.3 is 0 Å². The lowest BCUT2D eigenvalue weighted by Gasteiger charge is -2.26. The summed E-state index contributed by atoms with van der Waals surface area (Å²) in [5.74, 6) is 1.62. The molecular formula is C28H25N3O3S. The highest BCUT2D eigenvalue weighted by molar-refractivity contribution is 7.80. The van der Waals surface area contributed by atoms with Crippen molar-refractivity contribution in [2.24, 2.45) is 5.10 Å². The van der Waals surface area contributed by atoms with Gasteiger partial charge in [0.1, 0.15) is 17.2 Å². The topological polar surface area (TPSA) is 66.3 Å². The van der Waals surface area contributed by atoms with E-state index < -0.39 is 0 Å². The van der Waals surface area contributed by atoms with E-state index in [0.717, 1.165) is 33.5 Å². The molecule has 1 heterocycles. The highest BCUT2D eigenvalue weighted by Crippen LogP contribution is 2.40. The molecule has 7 heteroatoms. The largest absolute Gasteiger partial charge is 0.507 e. The van der Waals surface area contributed by atoms with Crippen LogP contribution in [-0.4, -0.2) is 35.2 Å². The smallest absolute Gasteiger partial charge is 0.194 e. The average Bonchev–Trinajstić information content (AvgIpc) is 3.33. The van der Waals surface area contributed by atoms with E-state index in [9.17, 15) is 5.11 Å². The van der Waals surface area contributed by atoms with Gasteiger partial charge in [-0.3, -0.25) is 0 Å². The van der Waals surface area contributed by atoms with Gasteiger partial charge in [-0.05, 0) is 47.3 Å². The Morgan fingerprint density at radius 1 is 0.914 bits per heavy atom. The van der Waals surface area contributed by atoms with E-state index in [1.807, 2.05) is 78.9 Å². The molecule has 1 atom stereocenters. The number of nitrogens with zero attached hydrogens (tertiary/aromatic N) is 2. The number of phenols is 1. The summed E-state index contributed by atoms with van der Waals surface area (Å²) in [6.45, 7) is 0. The summed E-state index contributed by atoms with van der Waals surface area (Å²) in [5.41, 5.74) is 3.16. The summed E-state index contributed by atoms with van der Waals surface area (Å²) in [5, 5.41) is 23.3. The Labute approximate surface area is 209 Å². The fraction of sp³-hybridized carbons (Fsp3) is 0.143. The number of hydrogen-bond donors (Lipinski definition) is 2. The van der Waals surface area contributed by atoms with E-state index in [1.165, 1.54) is 0 Å². The van der Waals surface area contributed by atoms with E-state index in [4.69, 9.17) is 26.8 Å². The van der Waals surface area contributed by atoms with Crippen LogP contribution in [0.4, 0.5) is 5.69 Å². The minimum Gasteiger partial charge on any atom is -0.507 e. The van der Waals surface area contributed by atoms with Crippen molar-refractivity contribution < 1.29 is 14.6 Å². The second-order valence-corrected chi connectivity index (χ2v) is 8.55. The van der Waals surface area contributed by atoms with Crippen LogP contribution in [-0.2, 0) is 0 Å². The van der Waals surface area contributed by atoms with Gasteiger partial charge in [-0.2, -0.15) is 5.10 Å². The number of para-hydroxylation sites is 3. The molecule has 1 aliphatic heterocycles. The Kier molecular flexibility index (Phi) is 6.25. The third kappa shape index (κ3) is 4.26. The van der Waals surface area contributed by atoms with Gasteiger partial charge < -0.3 is 19.9 Å². The van der Waals surface area contributed by atoms with E-state index in [-0.39, 0.29) is 11.8 Å². The molecule has 0 amide bonds. The molecule has 0 bridgehead atoms. The minimum absolute atomic E-state index is 0.187. The summed E-state index contributed by atoms with van der Waals surface area (Å²) in [7, 11) is 3.28. The van der Waals surface area contributed by atoms with Crippen LogP contribution in [0.15, 0.2) is 90.0 Å². The third-order valence-corrected chi connectivity index (χ3v) is 6.45. The maximum atomic E-state index is 10.9. The number of thiocarbonyl (C=S) groups is 1. The first-order valence-electron chi connectivity index (χ1n) is 11.3. The lowest BCUT2D eigenvalue weighted by Crippen LogP contribution is -2.31. The number of hydrazone groups is 1. The van der Waals surface area contributed by atoms with Crippen molar-refractivity contribution in [2.45, 2.75) is 12.5 Å². The molecule has 0 aromatic heterocycles. The Morgan fingerprint density at radius 3 is 2.40 bits per heavy atom. The summed E-state index contributed by atoms with van der Waals surface area (Å²) in [6.07, 6.45) is 0.537. The molecule has 2 N–H and O–H groups in total. The number of nitrogens with one attached hydrogen (secondary N) is 1. The number of phenolic OH excluding ortho intramolecular Hbond substituents is 1. The van der Waals surface area contributed by atoms with Crippen LogP contribution in [0.5, 0.6) is 17.2 Å². The molecule has 1 unspecified atom stereocenters. The fourth-order valence-electron chi connectivity index (χ4n) is 4.52. The van der Waals surface area contributed by atoms with Crippen LogP contribution >= 0.6 is 12.2 Å². The van der Waals surface area contributed by atoms with Gasteiger partial charge in [-0.15, -0.1) is 0 Å². The Morgan fingerprint density at radius 2 is 1.60 bits per heavy atom. The first-order valence-corrected chi connectivity index (χ1v) is 11.7. The van der Waals surface area contributed by atoms with Gasteiger partial charge in [0.15, 0.2) is 5.11 Å². The summed E-state index contributed by atoms with van der Waals surface area (Å²) in [4.78, 5) is 0. The molecule has 0 aliphatic carbocycles. The molecule has 0 spiro atoms. The maximum absolute atomic E-state index is 10.9. The molecule has 0 fully saturated rings. The van der Waals surface area contributed by atoms with Gasteiger partial charge in [0.25, 0.3) is 0 Å². The number of ether oxygens (including phenoxy) is 2. The molecule has 5 rings (SSSR count). The van der Waals surface area contributed by atoms with Crippen molar-refractivity contribution in [2.75, 3.05) is 19.5 Å². The van der Waals surface area contributed by atoms with Gasteiger partial charge in [0.2, 0.25) is 0 Å². The maximum Gasteiger partial charge on any atom is 0.194 e. The lowest BCUT2D eigenvalue weighted by molar-refractivity contribution is 0.350. The van der Waals surface area contributed by atoms with Crippen molar-refractivity contribution in [3.63, 3.8) is 0 Å². The number of methoxy groups -OCH3 is 2. The number of aromatic hydroxyl groups is 1. The van der Waals surface area contributed by atoms with E-state index in [1.54, 1.807) is 25.3 Å². The molecule has 35 heavy (non-hydrogen) atoms. The third-order valence-electron chi connectivity index (χ3n) is 6.16. The number of benzene rings is 4. The van der Waals surface area contributed by atoms with Crippen molar-refractivity contribution in [3.05, 3.63) is 96.1 Å². The molecule has 4 aromatic carbocycles. The first-order chi connectivity index (χ1) is 17.1. The molecule has 0 radical (unpaired) electrons. The van der Waals surface area contributed by atoms with E-state index in [0.29, 0.717) is 22.8 Å². The summed E-state index contributed by atoms with van der Waals surface area (Å²) in [6, 6.07) is 26.8. The predicted octanol–water partition coefficient (Wildman–Crippen LogP) is 6.11. The standard InChI is InChI=1S/C28H25N3O3S/c1-33-25-13-7-5-11-20(25)23-17-22(27-19-10-4-3-9-18(19)15-16-24(27)32)30-31(23)28(35)29-21-12-6-8-14-26(21)34-2/h3-16,23,32H,17H2,1-2H3,(H,29,35). The van der Waals surface area contributed by atoms with Crippen LogP contribution in [0.2, 0.25) is 0 Å². The number of fused-ring (bicyclic) bond motifs is 1. The highest BCUT2D eigenvalue weighted by atomic mass is 32.1. The van der Waals surface area contributed by atoms with Gasteiger partial charge in [0.05, 0.1) is 31.7 Å². The van der Waals surface area contributed by atoms with Crippen LogP contribution in [0.3, 0.4) is 0 Å². The zero-order valence-electron chi connectivity index (χ0n) is 19.4. The van der Waals surface area contributed by atoms with Crippen molar-refractivity contribution in [3.8, 4) is 17.2 Å². The van der Waals surface area contributed by atoms with Crippen LogP contribution < -0.4 is 14.8 Å². The average molecular weight is 484 g/mol. The van der Waals surface area contributed by atoms with Crippen LogP contribution in [0.25, 0.3) is 10.8 Å². The Balaban J connectivity index is 1.60. The zero-order valence-corrected chi connectivity index (χ0v) is 20.3. The molecule has 0 saturated heterocycles. The van der Waals surface area contributed by atoms with Crippen molar-refractivity contribution >= 4 is 39.5 Å². The normalized spacial score (nSPS) is 15.1. The van der Waals surface area contributed by atoms with Gasteiger partial charge in [0, 0.05) is 17.5 Å². The Hall–Kier alpha value is -4.10. The number of hydrogen-bond acceptors (Lipinski definition) is 5. The first kappa shape index (κ1) is 22.7. The van der Waals surface area contributed by atoms with Crippen LogP contribution in [0, 0.1) is 0 Å². The van der Waals surface area contributed by atoms with E-state index in [2.05, 4.69) is 5.32 Å². The molecule has 4 aromatic rings. The summed E-state index contributed by atoms with van der Waals surface area (Å²) < 4.78 is 11.1. The summed E-state index contributed by atoms with van der Waals surface area (Å²) >= 11 is 5.84. The quantitative estimate of drug-likeness (QED) is 0.334.